The molecule has 2 heterocycles. The Balaban J connectivity index is 2.10. The number of hydrogen-bond donors (Lipinski definition) is 2. The Morgan fingerprint density at radius 1 is 1.17 bits per heavy atom. The van der Waals surface area contributed by atoms with E-state index in [1.165, 1.54) is 11.3 Å². The van der Waals surface area contributed by atoms with E-state index in [0.29, 0.717) is 23.1 Å². The number of rotatable bonds is 5. The number of carbonyl (C=O) groups excluding carboxylic acids is 2. The Bertz CT molecular complexity index is 759. The van der Waals surface area contributed by atoms with E-state index in [2.05, 4.69) is 9.88 Å². The van der Waals surface area contributed by atoms with Gasteiger partial charge in [0.25, 0.3) is 0 Å². The van der Waals surface area contributed by atoms with E-state index in [1.807, 2.05) is 12.3 Å². The second-order valence-corrected chi connectivity index (χ2v) is 6.94. The van der Waals surface area contributed by atoms with Crippen molar-refractivity contribution in [3.8, 4) is 0 Å². The molecule has 1 aromatic heterocycles. The van der Waals surface area contributed by atoms with Crippen LogP contribution in [0, 0.1) is 6.92 Å². The quantitative estimate of drug-likeness (QED) is 0.864. The monoisotopic (exact) mass is 344 g/mol. The first-order chi connectivity index (χ1) is 11.5. The second-order valence-electron chi connectivity index (χ2n) is 6.00. The zero-order valence-corrected chi connectivity index (χ0v) is 14.4. The third kappa shape index (κ3) is 3.26. The predicted molar refractivity (Wildman–Crippen MR) is 94.6 cm³/mol. The summed E-state index contributed by atoms with van der Waals surface area (Å²) in [6, 6.07) is 3.55. The van der Waals surface area contributed by atoms with E-state index in [4.69, 9.17) is 11.5 Å². The first kappa shape index (κ1) is 16.4. The van der Waals surface area contributed by atoms with Gasteiger partial charge in [0.05, 0.1) is 5.01 Å². The van der Waals surface area contributed by atoms with Gasteiger partial charge in [0, 0.05) is 47.4 Å². The molecule has 4 N–H and O–H groups in total. The first-order valence-corrected chi connectivity index (χ1v) is 8.76. The lowest BCUT2D eigenvalue weighted by molar-refractivity contribution is 0.0999. The number of anilines is 1. The number of benzene rings is 1. The predicted octanol–water partition coefficient (Wildman–Crippen LogP) is 1.84. The second kappa shape index (κ2) is 6.60. The lowest BCUT2D eigenvalue weighted by Gasteiger charge is -2.21. The van der Waals surface area contributed by atoms with Crippen LogP contribution in [0.25, 0.3) is 0 Å². The zero-order chi connectivity index (χ0) is 17.3. The molecule has 1 aliphatic heterocycles. The molecule has 0 atom stereocenters. The number of amides is 2. The van der Waals surface area contributed by atoms with Crippen molar-refractivity contribution in [3.63, 3.8) is 0 Å². The third-order valence-corrected chi connectivity index (χ3v) is 5.20. The van der Waals surface area contributed by atoms with Crippen LogP contribution in [0.15, 0.2) is 17.5 Å². The summed E-state index contributed by atoms with van der Waals surface area (Å²) in [5.41, 5.74) is 14.2. The van der Waals surface area contributed by atoms with Crippen molar-refractivity contribution in [2.24, 2.45) is 11.5 Å². The van der Waals surface area contributed by atoms with Gasteiger partial charge in [-0.25, -0.2) is 4.98 Å². The Hall–Kier alpha value is -2.41. The maximum Gasteiger partial charge on any atom is 0.249 e. The summed E-state index contributed by atoms with van der Waals surface area (Å²) in [5, 5.41) is 2.76. The van der Waals surface area contributed by atoms with Gasteiger partial charge in [-0.2, -0.15) is 0 Å². The van der Waals surface area contributed by atoms with Gasteiger partial charge in [0.1, 0.15) is 0 Å². The molecule has 0 radical (unpaired) electrons. The van der Waals surface area contributed by atoms with Crippen molar-refractivity contribution in [1.29, 1.82) is 0 Å². The van der Waals surface area contributed by atoms with Crippen molar-refractivity contribution in [1.82, 2.24) is 4.98 Å². The molecule has 1 aliphatic rings. The van der Waals surface area contributed by atoms with Crippen LogP contribution in [0.5, 0.6) is 0 Å². The minimum Gasteiger partial charge on any atom is -0.371 e. The molecule has 126 valence electrons. The summed E-state index contributed by atoms with van der Waals surface area (Å²) in [4.78, 5) is 30.5. The average molecular weight is 344 g/mol. The fourth-order valence-electron chi connectivity index (χ4n) is 3.08. The average Bonchev–Trinajstić information content (AvgIpc) is 3.18. The Morgan fingerprint density at radius 2 is 1.75 bits per heavy atom. The van der Waals surface area contributed by atoms with E-state index < -0.39 is 11.8 Å². The lowest BCUT2D eigenvalue weighted by atomic mass is 9.96. The van der Waals surface area contributed by atoms with E-state index >= 15 is 0 Å². The van der Waals surface area contributed by atoms with Gasteiger partial charge in [0.15, 0.2) is 0 Å². The Morgan fingerprint density at radius 3 is 2.21 bits per heavy atom. The number of nitrogens with two attached hydrogens (primary N) is 2. The van der Waals surface area contributed by atoms with Gasteiger partial charge in [-0.1, -0.05) is 0 Å². The van der Waals surface area contributed by atoms with Crippen molar-refractivity contribution < 1.29 is 9.59 Å². The Labute approximate surface area is 144 Å². The summed E-state index contributed by atoms with van der Waals surface area (Å²) >= 11 is 1.49. The number of hydrogen-bond acceptors (Lipinski definition) is 5. The van der Waals surface area contributed by atoms with E-state index in [1.54, 1.807) is 12.1 Å². The topological polar surface area (TPSA) is 102 Å². The van der Waals surface area contributed by atoms with Crippen molar-refractivity contribution in [3.05, 3.63) is 44.9 Å². The molecule has 1 saturated heterocycles. The van der Waals surface area contributed by atoms with Gasteiger partial charge >= 0.3 is 0 Å². The molecule has 0 bridgehead atoms. The van der Waals surface area contributed by atoms with Crippen molar-refractivity contribution in [2.45, 2.75) is 26.2 Å². The third-order valence-electron chi connectivity index (χ3n) is 4.23. The summed E-state index contributed by atoms with van der Waals surface area (Å²) in [5.74, 6) is -1.11. The van der Waals surface area contributed by atoms with Crippen LogP contribution in [-0.2, 0) is 6.42 Å². The number of carbonyl (C=O) groups is 2. The highest BCUT2D eigenvalue weighted by molar-refractivity contribution is 7.09. The number of thiazole rings is 1. The van der Waals surface area contributed by atoms with Gasteiger partial charge in [-0.05, 0) is 37.5 Å². The van der Waals surface area contributed by atoms with E-state index in [-0.39, 0.29) is 0 Å². The Kier molecular flexibility index (Phi) is 4.53. The molecule has 2 aromatic rings. The molecule has 24 heavy (non-hydrogen) atoms. The van der Waals surface area contributed by atoms with Crippen LogP contribution >= 0.6 is 11.3 Å². The van der Waals surface area contributed by atoms with E-state index in [9.17, 15) is 9.59 Å². The number of nitrogens with zero attached hydrogens (tertiary/aromatic N) is 2. The summed E-state index contributed by atoms with van der Waals surface area (Å²) < 4.78 is 0. The van der Waals surface area contributed by atoms with Crippen LogP contribution in [0.2, 0.25) is 0 Å². The highest BCUT2D eigenvalue weighted by atomic mass is 32.1. The smallest absolute Gasteiger partial charge is 0.249 e. The largest absolute Gasteiger partial charge is 0.371 e. The van der Waals surface area contributed by atoms with E-state index in [0.717, 1.165) is 42.3 Å². The summed E-state index contributed by atoms with van der Waals surface area (Å²) in [6.07, 6.45) is 2.56. The summed E-state index contributed by atoms with van der Waals surface area (Å²) in [7, 11) is 0. The van der Waals surface area contributed by atoms with Crippen LogP contribution in [0.3, 0.4) is 0 Å². The fourth-order valence-corrected chi connectivity index (χ4v) is 3.86. The maximum atomic E-state index is 12.0. The zero-order valence-electron chi connectivity index (χ0n) is 13.5. The normalized spacial score (nSPS) is 14.1. The molecular weight excluding hydrogens is 324 g/mol. The van der Waals surface area contributed by atoms with Crippen LogP contribution in [0.1, 0.15) is 49.8 Å². The lowest BCUT2D eigenvalue weighted by Crippen LogP contribution is -2.24. The molecular formula is C17H20N4O2S. The summed E-state index contributed by atoms with van der Waals surface area (Å²) in [6.45, 7) is 3.71. The standard InChI is InChI=1S/C17H20N4O2S/c1-10-9-24-15(20-10)8-12-13(16(18)22)6-11(7-14(12)17(19)23)21-4-2-3-5-21/h6-7,9H,2-5,8H2,1H3,(H2,18,22)(H2,19,23). The number of aromatic nitrogens is 1. The molecule has 1 aromatic carbocycles. The molecule has 2 amide bonds. The van der Waals surface area contributed by atoms with Crippen molar-refractivity contribution in [2.75, 3.05) is 18.0 Å². The molecule has 3 rings (SSSR count). The molecule has 0 saturated carbocycles. The van der Waals surface area contributed by atoms with Crippen molar-refractivity contribution >= 4 is 28.8 Å². The van der Waals surface area contributed by atoms with Gasteiger partial charge in [0.2, 0.25) is 11.8 Å². The highest BCUT2D eigenvalue weighted by Gasteiger charge is 2.22. The number of primary amides is 2. The molecule has 6 nitrogen and oxygen atoms in total. The van der Waals surface area contributed by atoms with Crippen LogP contribution < -0.4 is 16.4 Å². The molecule has 7 heteroatoms. The molecule has 0 unspecified atom stereocenters. The number of aryl methyl sites for hydroxylation is 1. The fraction of sp³-hybridized carbons (Fsp3) is 0.353. The van der Waals surface area contributed by atoms with Gasteiger partial charge in [-0.3, -0.25) is 9.59 Å². The van der Waals surface area contributed by atoms with Crippen LogP contribution in [0.4, 0.5) is 5.69 Å². The highest BCUT2D eigenvalue weighted by Crippen LogP contribution is 2.29. The molecule has 1 fully saturated rings. The molecule has 0 aliphatic carbocycles. The van der Waals surface area contributed by atoms with Gasteiger partial charge < -0.3 is 16.4 Å². The van der Waals surface area contributed by atoms with Gasteiger partial charge in [-0.15, -0.1) is 11.3 Å². The minimum absolute atomic E-state index is 0.348. The minimum atomic E-state index is -0.554. The molecule has 0 spiro atoms. The van der Waals surface area contributed by atoms with Crippen LogP contribution in [-0.4, -0.2) is 29.9 Å². The SMILES string of the molecule is Cc1csc(Cc2c(C(N)=O)cc(N3CCCC3)cc2C(N)=O)n1. The maximum absolute atomic E-state index is 12.0. The first-order valence-electron chi connectivity index (χ1n) is 7.88.